The Morgan fingerprint density at radius 3 is 2.68 bits per heavy atom. The molecule has 98 valence electrons. The van der Waals surface area contributed by atoms with Gasteiger partial charge in [0.05, 0.1) is 10.0 Å². The van der Waals surface area contributed by atoms with Crippen molar-refractivity contribution in [1.29, 1.82) is 0 Å². The highest BCUT2D eigenvalue weighted by Crippen LogP contribution is 2.19. The zero-order valence-corrected chi connectivity index (χ0v) is 11.2. The molecule has 0 spiro atoms. The lowest BCUT2D eigenvalue weighted by Crippen LogP contribution is -2.13. The van der Waals surface area contributed by atoms with Crippen molar-refractivity contribution in [1.82, 2.24) is 4.98 Å². The van der Waals surface area contributed by atoms with E-state index in [0.29, 0.717) is 21.5 Å². The van der Waals surface area contributed by atoms with E-state index in [4.69, 9.17) is 5.84 Å². The standard InChI is InChI=1S/C12H10BrFN4O/c13-9-3-2-8(5-10(9)14)17-12(19)7-1-4-11(18-15)16-6-7/h1-6H,15H2,(H,16,18)(H,17,19). The topological polar surface area (TPSA) is 80.0 Å². The van der Waals surface area contributed by atoms with Crippen LogP contribution in [0.2, 0.25) is 0 Å². The van der Waals surface area contributed by atoms with Crippen molar-refractivity contribution in [2.75, 3.05) is 10.7 Å². The zero-order chi connectivity index (χ0) is 13.8. The second-order valence-electron chi connectivity index (χ2n) is 3.66. The number of halogens is 2. The van der Waals surface area contributed by atoms with E-state index in [2.05, 4.69) is 31.7 Å². The maximum Gasteiger partial charge on any atom is 0.257 e. The number of benzene rings is 1. The molecule has 0 radical (unpaired) electrons. The third kappa shape index (κ3) is 3.27. The fourth-order valence-corrected chi connectivity index (χ4v) is 1.64. The monoisotopic (exact) mass is 324 g/mol. The molecule has 0 bridgehead atoms. The Balaban J connectivity index is 2.13. The Kier molecular flexibility index (Phi) is 4.08. The molecule has 0 saturated carbocycles. The molecule has 0 atom stereocenters. The maximum atomic E-state index is 13.3. The summed E-state index contributed by atoms with van der Waals surface area (Å²) >= 11 is 3.04. The van der Waals surface area contributed by atoms with Gasteiger partial charge in [-0.3, -0.25) is 4.79 Å². The van der Waals surface area contributed by atoms with Crippen molar-refractivity contribution in [2.24, 2.45) is 5.84 Å². The van der Waals surface area contributed by atoms with Crippen LogP contribution in [0.15, 0.2) is 41.0 Å². The number of anilines is 2. The molecule has 2 aromatic rings. The summed E-state index contributed by atoms with van der Waals surface area (Å²) in [6.45, 7) is 0. The number of nitrogens with zero attached hydrogens (tertiary/aromatic N) is 1. The smallest absolute Gasteiger partial charge is 0.257 e. The molecule has 1 aromatic carbocycles. The molecule has 2 rings (SSSR count). The van der Waals surface area contributed by atoms with Gasteiger partial charge in [-0.2, -0.15) is 0 Å². The quantitative estimate of drug-likeness (QED) is 0.598. The third-order valence-corrected chi connectivity index (χ3v) is 2.99. The number of carbonyl (C=O) groups is 1. The summed E-state index contributed by atoms with van der Waals surface area (Å²) in [6.07, 6.45) is 1.37. The Hall–Kier alpha value is -1.99. The summed E-state index contributed by atoms with van der Waals surface area (Å²) < 4.78 is 13.6. The number of nitrogens with one attached hydrogen (secondary N) is 2. The number of hydrogen-bond acceptors (Lipinski definition) is 4. The summed E-state index contributed by atoms with van der Waals surface area (Å²) in [6, 6.07) is 7.47. The van der Waals surface area contributed by atoms with Crippen LogP contribution in [0.4, 0.5) is 15.9 Å². The molecule has 4 N–H and O–H groups in total. The van der Waals surface area contributed by atoms with Gasteiger partial charge in [-0.1, -0.05) is 0 Å². The van der Waals surface area contributed by atoms with Crippen LogP contribution in [-0.2, 0) is 0 Å². The van der Waals surface area contributed by atoms with Gasteiger partial charge in [0.15, 0.2) is 0 Å². The first-order chi connectivity index (χ1) is 9.10. The molecule has 5 nitrogen and oxygen atoms in total. The number of aromatic nitrogens is 1. The van der Waals surface area contributed by atoms with Gasteiger partial charge in [0, 0.05) is 11.9 Å². The lowest BCUT2D eigenvalue weighted by atomic mass is 10.2. The first-order valence-corrected chi connectivity index (χ1v) is 6.08. The van der Waals surface area contributed by atoms with Gasteiger partial charge in [-0.15, -0.1) is 0 Å². The zero-order valence-electron chi connectivity index (χ0n) is 9.65. The van der Waals surface area contributed by atoms with Crippen molar-refractivity contribution in [3.63, 3.8) is 0 Å². The number of pyridine rings is 1. The Bertz CT molecular complexity index is 603. The van der Waals surface area contributed by atoms with E-state index in [1.165, 1.54) is 18.3 Å². The maximum absolute atomic E-state index is 13.3. The summed E-state index contributed by atoms with van der Waals surface area (Å²) in [5.74, 6) is 4.80. The molecule has 0 saturated heterocycles. The third-order valence-electron chi connectivity index (χ3n) is 2.35. The molecule has 1 amide bonds. The van der Waals surface area contributed by atoms with Crippen LogP contribution in [0.25, 0.3) is 0 Å². The molecular weight excluding hydrogens is 315 g/mol. The normalized spacial score (nSPS) is 10.1. The summed E-state index contributed by atoms with van der Waals surface area (Å²) in [5, 5.41) is 2.57. The van der Waals surface area contributed by atoms with Crippen LogP contribution < -0.4 is 16.6 Å². The van der Waals surface area contributed by atoms with Crippen LogP contribution in [0.3, 0.4) is 0 Å². The van der Waals surface area contributed by atoms with Crippen molar-refractivity contribution in [3.05, 3.63) is 52.4 Å². The Morgan fingerprint density at radius 1 is 1.32 bits per heavy atom. The molecule has 7 heteroatoms. The average Bonchev–Trinajstić information content (AvgIpc) is 2.43. The van der Waals surface area contributed by atoms with Gasteiger partial charge in [-0.05, 0) is 46.3 Å². The summed E-state index contributed by atoms with van der Waals surface area (Å²) in [5.41, 5.74) is 3.08. The Morgan fingerprint density at radius 2 is 2.11 bits per heavy atom. The molecule has 0 aliphatic carbocycles. The van der Waals surface area contributed by atoms with Crippen molar-refractivity contribution < 1.29 is 9.18 Å². The Labute approximate surface area is 117 Å². The minimum Gasteiger partial charge on any atom is -0.322 e. The highest BCUT2D eigenvalue weighted by Gasteiger charge is 2.08. The van der Waals surface area contributed by atoms with E-state index >= 15 is 0 Å². The average molecular weight is 325 g/mol. The summed E-state index contributed by atoms with van der Waals surface area (Å²) in [4.78, 5) is 15.8. The molecule has 0 aliphatic heterocycles. The fraction of sp³-hybridized carbons (Fsp3) is 0. The van der Waals surface area contributed by atoms with Crippen LogP contribution in [0.1, 0.15) is 10.4 Å². The number of nitrogen functional groups attached to an aromatic ring is 1. The second kappa shape index (κ2) is 5.77. The number of nitrogens with two attached hydrogens (primary N) is 1. The van der Waals surface area contributed by atoms with E-state index in [1.807, 2.05) is 0 Å². The van der Waals surface area contributed by atoms with Gasteiger partial charge in [-0.25, -0.2) is 15.2 Å². The van der Waals surface area contributed by atoms with E-state index in [9.17, 15) is 9.18 Å². The van der Waals surface area contributed by atoms with E-state index in [-0.39, 0.29) is 5.91 Å². The largest absolute Gasteiger partial charge is 0.322 e. The van der Waals surface area contributed by atoms with Crippen LogP contribution in [0.5, 0.6) is 0 Å². The van der Waals surface area contributed by atoms with Crippen molar-refractivity contribution >= 4 is 33.3 Å². The molecule has 1 heterocycles. The van der Waals surface area contributed by atoms with Gasteiger partial charge < -0.3 is 10.7 Å². The molecule has 0 unspecified atom stereocenters. The van der Waals surface area contributed by atoms with Gasteiger partial charge >= 0.3 is 0 Å². The van der Waals surface area contributed by atoms with Crippen LogP contribution >= 0.6 is 15.9 Å². The highest BCUT2D eigenvalue weighted by atomic mass is 79.9. The van der Waals surface area contributed by atoms with Gasteiger partial charge in [0.1, 0.15) is 11.6 Å². The minimum atomic E-state index is -0.446. The van der Waals surface area contributed by atoms with Crippen LogP contribution in [-0.4, -0.2) is 10.9 Å². The number of carbonyl (C=O) groups excluding carboxylic acids is 1. The fourth-order valence-electron chi connectivity index (χ4n) is 1.39. The predicted molar refractivity (Wildman–Crippen MR) is 74.1 cm³/mol. The molecule has 0 fully saturated rings. The van der Waals surface area contributed by atoms with Gasteiger partial charge in [0.2, 0.25) is 0 Å². The van der Waals surface area contributed by atoms with Crippen LogP contribution in [0, 0.1) is 5.82 Å². The van der Waals surface area contributed by atoms with Gasteiger partial charge in [0.25, 0.3) is 5.91 Å². The van der Waals surface area contributed by atoms with E-state index in [0.717, 1.165) is 0 Å². The molecular formula is C12H10BrFN4O. The van der Waals surface area contributed by atoms with E-state index in [1.54, 1.807) is 18.2 Å². The first-order valence-electron chi connectivity index (χ1n) is 5.29. The minimum absolute atomic E-state index is 0.338. The number of hydrazine groups is 1. The highest BCUT2D eigenvalue weighted by molar-refractivity contribution is 9.10. The first kappa shape index (κ1) is 13.4. The SMILES string of the molecule is NNc1ccc(C(=O)Nc2ccc(Br)c(F)c2)cn1. The summed E-state index contributed by atoms with van der Waals surface area (Å²) in [7, 11) is 0. The number of hydrogen-bond donors (Lipinski definition) is 3. The lowest BCUT2D eigenvalue weighted by molar-refractivity contribution is 0.102. The lowest BCUT2D eigenvalue weighted by Gasteiger charge is -2.06. The predicted octanol–water partition coefficient (Wildman–Crippen LogP) is 2.52. The van der Waals surface area contributed by atoms with E-state index < -0.39 is 5.82 Å². The van der Waals surface area contributed by atoms with Crippen molar-refractivity contribution in [2.45, 2.75) is 0 Å². The number of amides is 1. The molecule has 19 heavy (non-hydrogen) atoms. The number of rotatable bonds is 3. The molecule has 1 aromatic heterocycles. The van der Waals surface area contributed by atoms with Crippen molar-refractivity contribution in [3.8, 4) is 0 Å². The molecule has 0 aliphatic rings. The second-order valence-corrected chi connectivity index (χ2v) is 4.51.